The van der Waals surface area contributed by atoms with Crippen LogP contribution in [0.2, 0.25) is 0 Å². The predicted molar refractivity (Wildman–Crippen MR) is 110 cm³/mol. The van der Waals surface area contributed by atoms with E-state index in [-0.39, 0.29) is 11.5 Å². The third kappa shape index (κ3) is 4.27. The normalized spacial score (nSPS) is 17.4. The molecular weight excluding hydrogens is 368 g/mol. The Morgan fingerprint density at radius 3 is 2.69 bits per heavy atom. The number of hydrogen-bond acceptors (Lipinski definition) is 7. The van der Waals surface area contributed by atoms with E-state index in [1.54, 1.807) is 36.8 Å². The molecule has 150 valence electrons. The van der Waals surface area contributed by atoms with Crippen LogP contribution < -0.4 is 4.90 Å². The van der Waals surface area contributed by atoms with E-state index in [1.165, 1.54) is 0 Å². The minimum atomic E-state index is 0.0369. The van der Waals surface area contributed by atoms with Crippen molar-refractivity contribution in [3.05, 3.63) is 54.5 Å². The first-order chi connectivity index (χ1) is 14.1. The number of phenols is 1. The van der Waals surface area contributed by atoms with Crippen LogP contribution in [0, 0.1) is 0 Å². The summed E-state index contributed by atoms with van der Waals surface area (Å²) in [4.78, 5) is 25.8. The Labute approximate surface area is 169 Å². The van der Waals surface area contributed by atoms with Gasteiger partial charge in [0, 0.05) is 56.7 Å². The van der Waals surface area contributed by atoms with Crippen molar-refractivity contribution in [3.8, 4) is 17.3 Å². The highest BCUT2D eigenvalue weighted by Gasteiger charge is 2.25. The monoisotopic (exact) mass is 392 g/mol. The molecular formula is C21H24N6O2. The lowest BCUT2D eigenvalue weighted by Crippen LogP contribution is -2.52. The number of aromatic amines is 1. The molecule has 2 aromatic heterocycles. The number of Topliss-reactive ketones (excluding diaryl/α,β-unsaturated/α-hetero) is 1. The summed E-state index contributed by atoms with van der Waals surface area (Å²) in [6, 6.07) is 9.37. The molecule has 1 unspecified atom stereocenters. The maximum absolute atomic E-state index is 12.8. The molecule has 3 heterocycles. The van der Waals surface area contributed by atoms with E-state index in [2.05, 4.69) is 36.9 Å². The van der Waals surface area contributed by atoms with Crippen molar-refractivity contribution in [3.63, 3.8) is 0 Å². The van der Waals surface area contributed by atoms with Crippen molar-refractivity contribution in [2.75, 3.05) is 31.1 Å². The average molecular weight is 392 g/mol. The number of rotatable bonds is 6. The summed E-state index contributed by atoms with van der Waals surface area (Å²) in [6.07, 6.45) is 5.27. The number of carbonyl (C=O) groups is 1. The molecule has 0 bridgehead atoms. The minimum absolute atomic E-state index is 0.0369. The van der Waals surface area contributed by atoms with Gasteiger partial charge in [-0.25, -0.2) is 9.97 Å². The number of ketones is 1. The summed E-state index contributed by atoms with van der Waals surface area (Å²) >= 11 is 0. The number of aromatic hydroxyl groups is 1. The first-order valence-corrected chi connectivity index (χ1v) is 9.74. The van der Waals surface area contributed by atoms with E-state index >= 15 is 0 Å². The number of anilines is 1. The number of carbonyl (C=O) groups excluding carboxylic acids is 1. The molecule has 2 N–H and O–H groups in total. The standard InChI is InChI=1S/C21H24N6O2/c1-15-14-26(11-12-27(15)16-3-5-17(28)6-4-16)10-7-19(29)18-13-24-25-20(18)21-22-8-2-9-23-21/h2-6,8-9,13,15,28H,7,10-12,14H2,1H3,(H,24,25). The number of H-pyrrole nitrogens is 1. The van der Waals surface area contributed by atoms with Crippen LogP contribution in [0.15, 0.2) is 48.9 Å². The Morgan fingerprint density at radius 1 is 1.21 bits per heavy atom. The van der Waals surface area contributed by atoms with Crippen LogP contribution in [0.1, 0.15) is 23.7 Å². The summed E-state index contributed by atoms with van der Waals surface area (Å²) in [6.45, 7) is 5.54. The van der Waals surface area contributed by atoms with E-state index < -0.39 is 0 Å². The number of hydrogen-bond donors (Lipinski definition) is 2. The van der Waals surface area contributed by atoms with E-state index in [0.29, 0.717) is 36.1 Å². The van der Waals surface area contributed by atoms with Crippen molar-refractivity contribution in [2.24, 2.45) is 0 Å². The second kappa shape index (κ2) is 8.40. The Morgan fingerprint density at radius 2 is 1.97 bits per heavy atom. The Balaban J connectivity index is 1.34. The smallest absolute Gasteiger partial charge is 0.178 e. The first-order valence-electron chi connectivity index (χ1n) is 9.74. The molecule has 4 rings (SSSR count). The SMILES string of the molecule is CC1CN(CCC(=O)c2cn[nH]c2-c2ncccn2)CCN1c1ccc(O)cc1. The highest BCUT2D eigenvalue weighted by Crippen LogP contribution is 2.23. The fraction of sp³-hybridized carbons (Fsp3) is 0.333. The topological polar surface area (TPSA) is 98.2 Å². The zero-order chi connectivity index (χ0) is 20.2. The van der Waals surface area contributed by atoms with Crippen LogP contribution >= 0.6 is 0 Å². The summed E-state index contributed by atoms with van der Waals surface area (Å²) in [7, 11) is 0. The molecule has 1 saturated heterocycles. The summed E-state index contributed by atoms with van der Waals surface area (Å²) in [5.74, 6) is 0.789. The summed E-state index contributed by atoms with van der Waals surface area (Å²) in [5, 5.41) is 16.3. The zero-order valence-electron chi connectivity index (χ0n) is 16.3. The molecule has 0 radical (unpaired) electrons. The van der Waals surface area contributed by atoms with Gasteiger partial charge in [-0.2, -0.15) is 5.10 Å². The molecule has 1 aliphatic rings. The third-order valence-corrected chi connectivity index (χ3v) is 5.28. The Kier molecular flexibility index (Phi) is 5.53. The van der Waals surface area contributed by atoms with Gasteiger partial charge in [0.2, 0.25) is 0 Å². The van der Waals surface area contributed by atoms with Gasteiger partial charge in [0.25, 0.3) is 0 Å². The molecule has 0 saturated carbocycles. The lowest BCUT2D eigenvalue weighted by Gasteiger charge is -2.41. The van der Waals surface area contributed by atoms with Crippen molar-refractivity contribution < 1.29 is 9.90 Å². The number of piperazine rings is 1. The second-order valence-electron chi connectivity index (χ2n) is 7.26. The van der Waals surface area contributed by atoms with Crippen molar-refractivity contribution in [2.45, 2.75) is 19.4 Å². The van der Waals surface area contributed by atoms with Crippen molar-refractivity contribution in [1.29, 1.82) is 0 Å². The second-order valence-corrected chi connectivity index (χ2v) is 7.26. The van der Waals surface area contributed by atoms with Gasteiger partial charge in [-0.1, -0.05) is 0 Å². The molecule has 8 nitrogen and oxygen atoms in total. The van der Waals surface area contributed by atoms with Gasteiger partial charge in [-0.05, 0) is 37.3 Å². The highest BCUT2D eigenvalue weighted by molar-refractivity contribution is 6.00. The van der Waals surface area contributed by atoms with Gasteiger partial charge in [-0.15, -0.1) is 0 Å². The lowest BCUT2D eigenvalue weighted by atomic mass is 10.1. The van der Waals surface area contributed by atoms with Crippen LogP contribution in [0.25, 0.3) is 11.5 Å². The molecule has 8 heteroatoms. The van der Waals surface area contributed by atoms with E-state index in [4.69, 9.17) is 0 Å². The van der Waals surface area contributed by atoms with Gasteiger partial charge < -0.3 is 10.0 Å². The first kappa shape index (κ1) is 19.1. The largest absolute Gasteiger partial charge is 0.508 e. The maximum atomic E-state index is 12.8. The quantitative estimate of drug-likeness (QED) is 0.621. The molecule has 1 fully saturated rings. The summed E-state index contributed by atoms with van der Waals surface area (Å²) in [5.41, 5.74) is 2.21. The fourth-order valence-electron chi connectivity index (χ4n) is 3.75. The highest BCUT2D eigenvalue weighted by atomic mass is 16.3. The maximum Gasteiger partial charge on any atom is 0.178 e. The van der Waals surface area contributed by atoms with E-state index in [1.807, 2.05) is 12.1 Å². The molecule has 1 atom stereocenters. The molecule has 1 aromatic carbocycles. The fourth-order valence-corrected chi connectivity index (χ4v) is 3.75. The Bertz CT molecular complexity index is 957. The minimum Gasteiger partial charge on any atom is -0.508 e. The molecule has 3 aromatic rings. The van der Waals surface area contributed by atoms with Crippen LogP contribution in [0.4, 0.5) is 5.69 Å². The molecule has 1 aliphatic heterocycles. The summed E-state index contributed by atoms with van der Waals surface area (Å²) < 4.78 is 0. The number of nitrogens with one attached hydrogen (secondary N) is 1. The number of aromatic nitrogens is 4. The van der Waals surface area contributed by atoms with Gasteiger partial charge in [0.05, 0.1) is 11.8 Å². The average Bonchev–Trinajstić information content (AvgIpc) is 3.24. The van der Waals surface area contributed by atoms with E-state index in [0.717, 1.165) is 25.3 Å². The van der Waals surface area contributed by atoms with Gasteiger partial charge >= 0.3 is 0 Å². The Hall–Kier alpha value is -3.26. The zero-order valence-corrected chi connectivity index (χ0v) is 16.3. The van der Waals surface area contributed by atoms with Crippen LogP contribution in [0.5, 0.6) is 5.75 Å². The number of benzene rings is 1. The van der Waals surface area contributed by atoms with Crippen LogP contribution in [-0.2, 0) is 0 Å². The van der Waals surface area contributed by atoms with E-state index in [9.17, 15) is 9.90 Å². The van der Waals surface area contributed by atoms with Gasteiger partial charge in [0.1, 0.15) is 11.4 Å². The molecule has 0 aliphatic carbocycles. The molecule has 29 heavy (non-hydrogen) atoms. The van der Waals surface area contributed by atoms with Gasteiger partial charge in [0.15, 0.2) is 11.6 Å². The molecule has 0 spiro atoms. The number of phenolic OH excluding ortho intramolecular Hbond substituents is 1. The van der Waals surface area contributed by atoms with Crippen molar-refractivity contribution >= 4 is 11.5 Å². The molecule has 0 amide bonds. The lowest BCUT2D eigenvalue weighted by molar-refractivity contribution is 0.0959. The van der Waals surface area contributed by atoms with Gasteiger partial charge in [-0.3, -0.25) is 14.8 Å². The van der Waals surface area contributed by atoms with Crippen LogP contribution in [-0.4, -0.2) is 68.2 Å². The van der Waals surface area contributed by atoms with Crippen molar-refractivity contribution in [1.82, 2.24) is 25.1 Å². The predicted octanol–water partition coefficient (Wildman–Crippen LogP) is 2.36. The number of nitrogens with zero attached hydrogens (tertiary/aromatic N) is 5. The third-order valence-electron chi connectivity index (χ3n) is 5.28. The van der Waals surface area contributed by atoms with Crippen LogP contribution in [0.3, 0.4) is 0 Å².